The van der Waals surface area contributed by atoms with E-state index in [9.17, 15) is 0 Å². The van der Waals surface area contributed by atoms with E-state index in [-0.39, 0.29) is 0 Å². The highest BCUT2D eigenvalue weighted by molar-refractivity contribution is 9.09. The maximum atomic E-state index is 4.11. The Morgan fingerprint density at radius 2 is 2.21 bits per heavy atom. The predicted octanol–water partition coefficient (Wildman–Crippen LogP) is 2.60. The highest BCUT2D eigenvalue weighted by Crippen LogP contribution is 2.12. The summed E-state index contributed by atoms with van der Waals surface area (Å²) in [5, 5.41) is 8.21. The van der Waals surface area contributed by atoms with Gasteiger partial charge in [0.05, 0.1) is 5.52 Å². The fourth-order valence-corrected chi connectivity index (χ4v) is 1.59. The van der Waals surface area contributed by atoms with Gasteiger partial charge < -0.3 is 0 Å². The van der Waals surface area contributed by atoms with Crippen molar-refractivity contribution in [1.29, 1.82) is 0 Å². The Bertz CT molecular complexity index is 422. The molecule has 0 saturated carbocycles. The molecule has 0 amide bonds. The van der Waals surface area contributed by atoms with Crippen molar-refractivity contribution in [1.82, 2.24) is 15.0 Å². The number of rotatable bonds is 3. The van der Waals surface area contributed by atoms with Crippen molar-refractivity contribution in [2.24, 2.45) is 0 Å². The van der Waals surface area contributed by atoms with Crippen LogP contribution >= 0.6 is 15.9 Å². The molecule has 0 aliphatic rings. The number of nitrogens with zero attached hydrogens (tertiary/aromatic N) is 3. The summed E-state index contributed by atoms with van der Waals surface area (Å²) in [6.07, 6.45) is 1.06. The molecule has 0 bridgehead atoms. The van der Waals surface area contributed by atoms with E-state index in [0.29, 0.717) is 4.83 Å². The summed E-state index contributed by atoms with van der Waals surface area (Å²) in [5.41, 5.74) is 2.08. The fraction of sp³-hybridized carbons (Fsp3) is 0.400. The number of hydrogen-bond acceptors (Lipinski definition) is 2. The average Bonchev–Trinajstić information content (AvgIpc) is 2.58. The molecule has 2 rings (SSSR count). The van der Waals surface area contributed by atoms with Gasteiger partial charge in [0.25, 0.3) is 0 Å². The Hall–Kier alpha value is -0.900. The third-order valence-electron chi connectivity index (χ3n) is 2.16. The molecule has 2 aromatic rings. The van der Waals surface area contributed by atoms with Crippen LogP contribution in [0.15, 0.2) is 24.3 Å². The Morgan fingerprint density at radius 3 is 3.00 bits per heavy atom. The number of aromatic nitrogens is 3. The van der Waals surface area contributed by atoms with Gasteiger partial charge in [0.15, 0.2) is 0 Å². The van der Waals surface area contributed by atoms with Crippen LogP contribution in [-0.4, -0.2) is 19.8 Å². The Balaban J connectivity index is 2.25. The molecule has 0 fully saturated rings. The van der Waals surface area contributed by atoms with Crippen LogP contribution in [0.4, 0.5) is 0 Å². The molecule has 1 heterocycles. The van der Waals surface area contributed by atoms with Gasteiger partial charge in [-0.15, -0.1) is 5.10 Å². The van der Waals surface area contributed by atoms with Crippen LogP contribution in [0.2, 0.25) is 0 Å². The van der Waals surface area contributed by atoms with Gasteiger partial charge in [-0.1, -0.05) is 40.2 Å². The zero-order valence-electron chi connectivity index (χ0n) is 8.02. The molecule has 1 aromatic carbocycles. The van der Waals surface area contributed by atoms with Crippen molar-refractivity contribution in [3.63, 3.8) is 0 Å². The highest BCUT2D eigenvalue weighted by atomic mass is 79.9. The minimum absolute atomic E-state index is 0.519. The van der Waals surface area contributed by atoms with Crippen LogP contribution in [0.3, 0.4) is 0 Å². The monoisotopic (exact) mass is 253 g/mol. The molecule has 1 unspecified atom stereocenters. The molecule has 0 radical (unpaired) electrons. The summed E-state index contributed by atoms with van der Waals surface area (Å²) < 4.78 is 1.95. The molecule has 1 atom stereocenters. The standard InChI is InChI=1S/C10H12BrN3/c1-8(11)6-7-14-10-5-3-2-4-9(10)12-13-14/h2-5,8H,6-7H2,1H3. The van der Waals surface area contributed by atoms with E-state index in [1.54, 1.807) is 0 Å². The van der Waals surface area contributed by atoms with Gasteiger partial charge in [0, 0.05) is 11.4 Å². The number of fused-ring (bicyclic) bond motifs is 1. The van der Waals surface area contributed by atoms with Crippen LogP contribution in [0.5, 0.6) is 0 Å². The quantitative estimate of drug-likeness (QED) is 0.788. The summed E-state index contributed by atoms with van der Waals surface area (Å²) in [6.45, 7) is 3.05. The molecule has 0 aliphatic heterocycles. The lowest BCUT2D eigenvalue weighted by Gasteiger charge is -2.03. The first kappa shape index (κ1) is 9.65. The van der Waals surface area contributed by atoms with Crippen LogP contribution in [0, 0.1) is 0 Å². The smallest absolute Gasteiger partial charge is 0.113 e. The van der Waals surface area contributed by atoms with Gasteiger partial charge in [-0.2, -0.15) is 0 Å². The molecule has 0 aliphatic carbocycles. The van der Waals surface area contributed by atoms with Crippen molar-refractivity contribution < 1.29 is 0 Å². The van der Waals surface area contributed by atoms with E-state index >= 15 is 0 Å². The Kier molecular flexibility index (Phi) is 2.82. The van der Waals surface area contributed by atoms with Gasteiger partial charge >= 0.3 is 0 Å². The molecule has 1 aromatic heterocycles. The van der Waals surface area contributed by atoms with Crippen molar-refractivity contribution in [2.75, 3.05) is 0 Å². The third kappa shape index (κ3) is 1.95. The fourth-order valence-electron chi connectivity index (χ4n) is 1.38. The zero-order chi connectivity index (χ0) is 9.97. The van der Waals surface area contributed by atoms with Crippen molar-refractivity contribution in [3.05, 3.63) is 24.3 Å². The number of benzene rings is 1. The van der Waals surface area contributed by atoms with Gasteiger partial charge in [-0.25, -0.2) is 4.68 Å². The Morgan fingerprint density at radius 1 is 1.43 bits per heavy atom. The van der Waals surface area contributed by atoms with E-state index in [4.69, 9.17) is 0 Å². The van der Waals surface area contributed by atoms with Crippen LogP contribution in [0.1, 0.15) is 13.3 Å². The van der Waals surface area contributed by atoms with E-state index in [1.807, 2.05) is 28.9 Å². The number of hydrogen-bond donors (Lipinski definition) is 0. The number of halogens is 1. The van der Waals surface area contributed by atoms with Crippen molar-refractivity contribution in [3.8, 4) is 0 Å². The van der Waals surface area contributed by atoms with Crippen LogP contribution in [-0.2, 0) is 6.54 Å². The molecular formula is C10H12BrN3. The van der Waals surface area contributed by atoms with Gasteiger partial charge in [-0.3, -0.25) is 0 Å². The van der Waals surface area contributed by atoms with E-state index < -0.39 is 0 Å². The second-order valence-corrected chi connectivity index (χ2v) is 4.93. The Labute approximate surface area is 91.2 Å². The summed E-state index contributed by atoms with van der Waals surface area (Å²) in [5.74, 6) is 0. The minimum atomic E-state index is 0.519. The zero-order valence-corrected chi connectivity index (χ0v) is 9.61. The van der Waals surface area contributed by atoms with Gasteiger partial charge in [0.1, 0.15) is 5.52 Å². The lowest BCUT2D eigenvalue weighted by Crippen LogP contribution is -2.04. The summed E-state index contributed by atoms with van der Waals surface area (Å²) >= 11 is 3.52. The predicted molar refractivity (Wildman–Crippen MR) is 60.5 cm³/mol. The topological polar surface area (TPSA) is 30.7 Å². The molecule has 3 nitrogen and oxygen atoms in total. The maximum Gasteiger partial charge on any atom is 0.113 e. The highest BCUT2D eigenvalue weighted by Gasteiger charge is 2.03. The van der Waals surface area contributed by atoms with Gasteiger partial charge in [0.2, 0.25) is 0 Å². The van der Waals surface area contributed by atoms with Crippen LogP contribution < -0.4 is 0 Å². The number of alkyl halides is 1. The van der Waals surface area contributed by atoms with Gasteiger partial charge in [-0.05, 0) is 18.6 Å². The lowest BCUT2D eigenvalue weighted by atomic mass is 10.3. The van der Waals surface area contributed by atoms with E-state index in [0.717, 1.165) is 24.0 Å². The van der Waals surface area contributed by atoms with Crippen molar-refractivity contribution in [2.45, 2.75) is 24.7 Å². The summed E-state index contributed by atoms with van der Waals surface area (Å²) in [4.78, 5) is 0.519. The summed E-state index contributed by atoms with van der Waals surface area (Å²) in [7, 11) is 0. The molecule has 14 heavy (non-hydrogen) atoms. The minimum Gasteiger partial charge on any atom is -0.245 e. The average molecular weight is 254 g/mol. The molecule has 0 saturated heterocycles. The van der Waals surface area contributed by atoms with E-state index in [1.165, 1.54) is 0 Å². The molecule has 74 valence electrons. The largest absolute Gasteiger partial charge is 0.245 e. The van der Waals surface area contributed by atoms with E-state index in [2.05, 4.69) is 33.2 Å². The normalized spacial score (nSPS) is 13.3. The molecule has 0 spiro atoms. The molecular weight excluding hydrogens is 242 g/mol. The first-order valence-corrected chi connectivity index (χ1v) is 5.61. The third-order valence-corrected chi connectivity index (χ3v) is 2.62. The first-order valence-electron chi connectivity index (χ1n) is 4.69. The maximum absolute atomic E-state index is 4.11. The first-order chi connectivity index (χ1) is 6.77. The molecule has 0 N–H and O–H groups in total. The SMILES string of the molecule is CC(Br)CCn1nnc2ccccc21. The second-order valence-electron chi connectivity index (χ2n) is 3.37. The van der Waals surface area contributed by atoms with Crippen LogP contribution in [0.25, 0.3) is 11.0 Å². The van der Waals surface area contributed by atoms with Crippen molar-refractivity contribution >= 4 is 27.0 Å². The second kappa shape index (κ2) is 4.09. The summed E-state index contributed by atoms with van der Waals surface area (Å²) in [6, 6.07) is 8.03. The lowest BCUT2D eigenvalue weighted by molar-refractivity contribution is 0.575. The number of aryl methyl sites for hydroxylation is 1. The number of para-hydroxylation sites is 1. The molecule has 4 heteroatoms.